The lowest BCUT2D eigenvalue weighted by molar-refractivity contribution is -0.143. The molecule has 180 valence electrons. The van der Waals surface area contributed by atoms with Gasteiger partial charge in [0.1, 0.15) is 5.41 Å². The topological polar surface area (TPSA) is 97.8 Å². The molecule has 1 aliphatic rings. The molecule has 0 unspecified atom stereocenters. The van der Waals surface area contributed by atoms with Gasteiger partial charge < -0.3 is 9.47 Å². The summed E-state index contributed by atoms with van der Waals surface area (Å²) in [5.41, 5.74) is 0.384. The van der Waals surface area contributed by atoms with Crippen molar-refractivity contribution in [1.29, 1.82) is 0 Å². The average Bonchev–Trinajstić information content (AvgIpc) is 2.87. The Balaban J connectivity index is 1.77. The van der Waals surface area contributed by atoms with Gasteiger partial charge in [0.15, 0.2) is 11.5 Å². The number of benzene rings is 2. The van der Waals surface area contributed by atoms with Crippen LogP contribution in [0.5, 0.6) is 11.5 Å². The van der Waals surface area contributed by atoms with E-state index in [0.29, 0.717) is 34.2 Å². The Labute approximate surface area is 207 Å². The van der Waals surface area contributed by atoms with Gasteiger partial charge in [-0.3, -0.25) is 19.9 Å². The number of ether oxygens (including phenoxy) is 2. The number of imide groups is 2. The molecule has 0 radical (unpaired) electrons. The summed E-state index contributed by atoms with van der Waals surface area (Å²) in [6.07, 6.45) is 3.97. The third kappa shape index (κ3) is 4.83. The molecule has 0 aliphatic carbocycles. The van der Waals surface area contributed by atoms with Crippen molar-refractivity contribution in [2.45, 2.75) is 19.3 Å². The van der Waals surface area contributed by atoms with Crippen LogP contribution in [0.4, 0.5) is 10.5 Å². The standard InChI is InChI=1S/C26H24ClN3O5/c1-34-21-8-3-18(15-22(21)35-2)16-26(12-9-17-10-13-28-14-11-17)23(31)29-25(33)30(24(26)32)20-6-4-19(27)5-7-20/h3-8,10-11,13-15H,9,12,16H2,1-2H3,(H,29,31,33)/t26-/m1/s1. The number of urea groups is 1. The summed E-state index contributed by atoms with van der Waals surface area (Å²) in [5.74, 6) is -0.234. The fourth-order valence-corrected chi connectivity index (χ4v) is 4.34. The molecule has 8 nitrogen and oxygen atoms in total. The number of anilines is 1. The van der Waals surface area contributed by atoms with E-state index in [4.69, 9.17) is 21.1 Å². The zero-order valence-corrected chi connectivity index (χ0v) is 20.0. The molecule has 4 amide bonds. The number of barbiturate groups is 1. The van der Waals surface area contributed by atoms with Crippen molar-refractivity contribution in [3.05, 3.63) is 83.1 Å². The molecule has 0 saturated carbocycles. The highest BCUT2D eigenvalue weighted by Gasteiger charge is 2.54. The van der Waals surface area contributed by atoms with Crippen molar-refractivity contribution in [3.63, 3.8) is 0 Å². The maximum absolute atomic E-state index is 14.0. The number of nitrogens with zero attached hydrogens (tertiary/aromatic N) is 2. The number of halogens is 1. The van der Waals surface area contributed by atoms with Gasteiger partial charge in [-0.05, 0) is 78.9 Å². The molecule has 2 heterocycles. The number of carbonyl (C=O) groups is 3. The van der Waals surface area contributed by atoms with Gasteiger partial charge in [0, 0.05) is 17.4 Å². The van der Waals surface area contributed by atoms with E-state index < -0.39 is 23.3 Å². The molecule has 9 heteroatoms. The number of amides is 4. The minimum atomic E-state index is -1.55. The number of aromatic nitrogens is 1. The van der Waals surface area contributed by atoms with Crippen LogP contribution in [0.3, 0.4) is 0 Å². The van der Waals surface area contributed by atoms with Gasteiger partial charge in [-0.15, -0.1) is 0 Å². The minimum Gasteiger partial charge on any atom is -0.493 e. The minimum absolute atomic E-state index is 0.0560. The summed E-state index contributed by atoms with van der Waals surface area (Å²) in [5, 5.41) is 2.86. The van der Waals surface area contributed by atoms with Gasteiger partial charge in [-0.1, -0.05) is 17.7 Å². The van der Waals surface area contributed by atoms with Crippen molar-refractivity contribution in [3.8, 4) is 11.5 Å². The molecule has 0 bridgehead atoms. The van der Waals surface area contributed by atoms with Crippen molar-refractivity contribution < 1.29 is 23.9 Å². The van der Waals surface area contributed by atoms with Crippen LogP contribution in [0.25, 0.3) is 0 Å². The number of hydrogen-bond donors (Lipinski definition) is 1. The summed E-state index contributed by atoms with van der Waals surface area (Å²) >= 11 is 6.00. The highest BCUT2D eigenvalue weighted by Crippen LogP contribution is 2.38. The Morgan fingerprint density at radius 3 is 2.26 bits per heavy atom. The number of hydrogen-bond acceptors (Lipinski definition) is 6. The van der Waals surface area contributed by atoms with E-state index in [2.05, 4.69) is 10.3 Å². The summed E-state index contributed by atoms with van der Waals surface area (Å²) in [4.78, 5) is 45.2. The zero-order chi connectivity index (χ0) is 25.0. The molecule has 1 aromatic heterocycles. The van der Waals surface area contributed by atoms with Crippen LogP contribution in [0, 0.1) is 5.41 Å². The quantitative estimate of drug-likeness (QED) is 0.472. The van der Waals surface area contributed by atoms with Crippen LogP contribution in [-0.4, -0.2) is 37.0 Å². The molecular weight excluding hydrogens is 470 g/mol. The first-order valence-corrected chi connectivity index (χ1v) is 11.3. The lowest BCUT2D eigenvalue weighted by Crippen LogP contribution is -2.65. The van der Waals surface area contributed by atoms with Gasteiger partial charge >= 0.3 is 6.03 Å². The molecule has 1 aliphatic heterocycles. The highest BCUT2D eigenvalue weighted by molar-refractivity contribution is 6.31. The lowest BCUT2D eigenvalue weighted by atomic mass is 9.73. The normalized spacial score (nSPS) is 17.8. The number of aryl methyl sites for hydroxylation is 1. The second-order valence-electron chi connectivity index (χ2n) is 8.18. The fraction of sp³-hybridized carbons (Fsp3) is 0.231. The van der Waals surface area contributed by atoms with E-state index in [9.17, 15) is 14.4 Å². The molecule has 2 aromatic carbocycles. The van der Waals surface area contributed by atoms with Gasteiger partial charge in [-0.25, -0.2) is 9.69 Å². The van der Waals surface area contributed by atoms with E-state index in [-0.39, 0.29) is 12.8 Å². The lowest BCUT2D eigenvalue weighted by Gasteiger charge is -2.39. The predicted molar refractivity (Wildman–Crippen MR) is 131 cm³/mol. The Hall–Kier alpha value is -3.91. The van der Waals surface area contributed by atoms with E-state index in [1.807, 2.05) is 12.1 Å². The van der Waals surface area contributed by atoms with E-state index >= 15 is 0 Å². The monoisotopic (exact) mass is 493 g/mol. The molecule has 1 atom stereocenters. The van der Waals surface area contributed by atoms with Crippen LogP contribution >= 0.6 is 11.6 Å². The number of pyridine rings is 1. The van der Waals surface area contributed by atoms with Gasteiger partial charge in [0.05, 0.1) is 19.9 Å². The van der Waals surface area contributed by atoms with Crippen molar-refractivity contribution >= 4 is 35.1 Å². The zero-order valence-electron chi connectivity index (χ0n) is 19.3. The van der Waals surface area contributed by atoms with Crippen LogP contribution in [0.1, 0.15) is 17.5 Å². The smallest absolute Gasteiger partial charge is 0.335 e. The number of carbonyl (C=O) groups excluding carboxylic acids is 3. The maximum atomic E-state index is 14.0. The van der Waals surface area contributed by atoms with Crippen LogP contribution < -0.4 is 19.7 Å². The molecule has 3 aromatic rings. The summed E-state index contributed by atoms with van der Waals surface area (Å²) in [7, 11) is 3.04. The predicted octanol–water partition coefficient (Wildman–Crippen LogP) is 4.20. The first kappa shape index (κ1) is 24.2. The van der Waals surface area contributed by atoms with Crippen LogP contribution in [0.15, 0.2) is 67.0 Å². The summed E-state index contributed by atoms with van der Waals surface area (Å²) < 4.78 is 10.7. The van der Waals surface area contributed by atoms with Crippen molar-refractivity contribution in [1.82, 2.24) is 10.3 Å². The second kappa shape index (κ2) is 10.1. The van der Waals surface area contributed by atoms with Crippen LogP contribution in [0.2, 0.25) is 5.02 Å². The van der Waals surface area contributed by atoms with Crippen molar-refractivity contribution in [2.75, 3.05) is 19.1 Å². The third-order valence-corrected chi connectivity index (χ3v) is 6.35. The van der Waals surface area contributed by atoms with Crippen LogP contribution in [-0.2, 0) is 22.4 Å². The van der Waals surface area contributed by atoms with E-state index in [1.165, 1.54) is 14.2 Å². The highest BCUT2D eigenvalue weighted by atomic mass is 35.5. The Kier molecular flexibility index (Phi) is 7.02. The maximum Gasteiger partial charge on any atom is 0.335 e. The average molecular weight is 494 g/mol. The van der Waals surface area contributed by atoms with E-state index in [1.54, 1.807) is 54.9 Å². The Bertz CT molecular complexity index is 1250. The SMILES string of the molecule is COc1ccc(C[C@]2(CCc3ccncc3)C(=O)NC(=O)N(c3ccc(Cl)cc3)C2=O)cc1OC. The first-order valence-electron chi connectivity index (χ1n) is 10.9. The molecule has 1 saturated heterocycles. The molecular formula is C26H24ClN3O5. The molecule has 35 heavy (non-hydrogen) atoms. The molecule has 4 rings (SSSR count). The molecule has 1 fully saturated rings. The molecule has 1 N–H and O–H groups in total. The second-order valence-corrected chi connectivity index (χ2v) is 8.62. The van der Waals surface area contributed by atoms with Crippen molar-refractivity contribution in [2.24, 2.45) is 5.41 Å². The van der Waals surface area contributed by atoms with Gasteiger partial charge in [0.2, 0.25) is 5.91 Å². The van der Waals surface area contributed by atoms with Gasteiger partial charge in [0.25, 0.3) is 5.91 Å². The molecule has 0 spiro atoms. The third-order valence-electron chi connectivity index (χ3n) is 6.10. The number of nitrogens with one attached hydrogen (secondary N) is 1. The summed E-state index contributed by atoms with van der Waals surface area (Å²) in [6, 6.07) is 14.4. The fourth-order valence-electron chi connectivity index (χ4n) is 4.21. The Morgan fingerprint density at radius 2 is 1.60 bits per heavy atom. The first-order chi connectivity index (χ1) is 16.9. The number of rotatable bonds is 8. The van der Waals surface area contributed by atoms with E-state index in [0.717, 1.165) is 10.5 Å². The van der Waals surface area contributed by atoms with Gasteiger partial charge in [-0.2, -0.15) is 0 Å². The Morgan fingerprint density at radius 1 is 0.914 bits per heavy atom. The number of methoxy groups -OCH3 is 2. The largest absolute Gasteiger partial charge is 0.493 e. The summed E-state index contributed by atoms with van der Waals surface area (Å²) in [6.45, 7) is 0.